The topological polar surface area (TPSA) is 64.7 Å². The molecule has 3 N–H and O–H groups in total. The molecular formula is H5NO3P2. The van der Waals surface area contributed by atoms with Crippen LogP contribution < -0.4 is 5.90 Å². The van der Waals surface area contributed by atoms with Crippen LogP contribution in [-0.2, 0) is 8.94 Å². The minimum absolute atomic E-state index is 1.81. The fourth-order valence-electron chi connectivity index (χ4n) is 0.0248. The molecule has 0 aliphatic carbocycles. The van der Waals surface area contributed by atoms with Crippen molar-refractivity contribution in [1.29, 1.82) is 0 Å². The van der Waals surface area contributed by atoms with Crippen LogP contribution in [0.2, 0.25) is 0 Å². The zero-order valence-corrected chi connectivity index (χ0v) is 4.91. The molecular weight excluding hydrogens is 124 g/mol. The molecule has 0 fully saturated rings. The molecule has 2 unspecified atom stereocenters. The minimum atomic E-state index is -1.84. The molecule has 0 spiro atoms. The van der Waals surface area contributed by atoms with Gasteiger partial charge in [-0.2, -0.15) is 0 Å². The summed E-state index contributed by atoms with van der Waals surface area (Å²) in [5, 5.41) is 0. The van der Waals surface area contributed by atoms with Crippen molar-refractivity contribution in [2.45, 2.75) is 0 Å². The van der Waals surface area contributed by atoms with Crippen LogP contribution in [0.15, 0.2) is 0 Å². The molecule has 0 rings (SSSR count). The third-order valence-corrected chi connectivity index (χ3v) is 1.08. The SMILES string of the molecule is NOP(O)OP. The van der Waals surface area contributed by atoms with Crippen LogP contribution in [0.1, 0.15) is 0 Å². The quantitative estimate of drug-likeness (QED) is 0.403. The smallest absolute Gasteiger partial charge is 0.327 e. The van der Waals surface area contributed by atoms with Crippen LogP contribution in [0, 0.1) is 0 Å². The van der Waals surface area contributed by atoms with Crippen LogP contribution in [0.25, 0.3) is 0 Å². The highest BCUT2D eigenvalue weighted by atomic mass is 31.2. The van der Waals surface area contributed by atoms with Gasteiger partial charge >= 0.3 is 8.60 Å². The summed E-state index contributed by atoms with van der Waals surface area (Å²) >= 11 is 0. The van der Waals surface area contributed by atoms with Crippen LogP contribution in [0.3, 0.4) is 0 Å². The van der Waals surface area contributed by atoms with Gasteiger partial charge in [-0.15, -0.1) is 0 Å². The molecule has 0 heterocycles. The van der Waals surface area contributed by atoms with Crippen molar-refractivity contribution in [2.24, 2.45) is 5.90 Å². The summed E-state index contributed by atoms with van der Waals surface area (Å²) in [4.78, 5) is 8.14. The molecule has 4 nitrogen and oxygen atoms in total. The Bertz CT molecular complexity index is 28.0. The van der Waals surface area contributed by atoms with Crippen LogP contribution in [0.5, 0.6) is 0 Å². The first kappa shape index (κ1) is 6.70. The Kier molecular flexibility index (Phi) is 4.33. The highest BCUT2D eigenvalue weighted by molar-refractivity contribution is 7.46. The fourth-order valence-corrected chi connectivity index (χ4v) is 0.224. The van der Waals surface area contributed by atoms with Crippen molar-refractivity contribution in [3.63, 3.8) is 0 Å². The van der Waals surface area contributed by atoms with E-state index < -0.39 is 8.60 Å². The van der Waals surface area contributed by atoms with E-state index in [2.05, 4.69) is 14.8 Å². The van der Waals surface area contributed by atoms with Crippen LogP contribution in [0.4, 0.5) is 0 Å². The number of hydrogen-bond donors (Lipinski definition) is 2. The Morgan fingerprint density at radius 2 is 2.33 bits per heavy atom. The van der Waals surface area contributed by atoms with Gasteiger partial charge in [-0.05, 0) is 0 Å². The molecule has 0 amide bonds. The lowest BCUT2D eigenvalue weighted by Crippen LogP contribution is -1.90. The highest BCUT2D eigenvalue weighted by Crippen LogP contribution is 2.32. The Morgan fingerprint density at radius 1 is 1.83 bits per heavy atom. The van der Waals surface area contributed by atoms with Crippen molar-refractivity contribution in [3.8, 4) is 0 Å². The molecule has 0 saturated heterocycles. The average Bonchev–Trinajstić information content (AvgIpc) is 1.65. The van der Waals surface area contributed by atoms with Gasteiger partial charge in [0.15, 0.2) is 0 Å². The van der Waals surface area contributed by atoms with E-state index in [1.165, 1.54) is 0 Å². The van der Waals surface area contributed by atoms with Gasteiger partial charge in [0, 0.05) is 9.47 Å². The van der Waals surface area contributed by atoms with E-state index in [1.54, 1.807) is 0 Å². The van der Waals surface area contributed by atoms with E-state index >= 15 is 0 Å². The molecule has 2 atom stereocenters. The number of nitrogens with two attached hydrogens (primary N) is 1. The lowest BCUT2D eigenvalue weighted by Gasteiger charge is -1.97. The van der Waals surface area contributed by atoms with Crippen molar-refractivity contribution >= 4 is 18.1 Å². The molecule has 0 aliphatic rings. The van der Waals surface area contributed by atoms with E-state index in [4.69, 9.17) is 4.89 Å². The maximum atomic E-state index is 8.14. The Balaban J connectivity index is 2.75. The van der Waals surface area contributed by atoms with Crippen molar-refractivity contribution in [1.82, 2.24) is 0 Å². The van der Waals surface area contributed by atoms with Gasteiger partial charge in [0.25, 0.3) is 0 Å². The second kappa shape index (κ2) is 3.88. The summed E-state index contributed by atoms with van der Waals surface area (Å²) in [6.07, 6.45) is 0. The molecule has 0 aliphatic heterocycles. The molecule has 6 heteroatoms. The Morgan fingerprint density at radius 3 is 2.33 bits per heavy atom. The Labute approximate surface area is 38.9 Å². The second-order valence-corrected chi connectivity index (χ2v) is 1.98. The molecule has 6 heavy (non-hydrogen) atoms. The molecule has 0 saturated carbocycles. The molecule has 0 aromatic heterocycles. The highest BCUT2D eigenvalue weighted by Gasteiger charge is 1.95. The summed E-state index contributed by atoms with van der Waals surface area (Å²) in [5.41, 5.74) is 0. The molecule has 0 aromatic carbocycles. The van der Waals surface area contributed by atoms with Gasteiger partial charge in [-0.25, -0.2) is 10.5 Å². The summed E-state index contributed by atoms with van der Waals surface area (Å²) < 4.78 is 7.87. The molecule has 0 bridgehead atoms. The predicted octanol–water partition coefficient (Wildman–Crippen LogP) is -0.0974. The normalized spacial score (nSPS) is 14.5. The van der Waals surface area contributed by atoms with Crippen molar-refractivity contribution in [3.05, 3.63) is 0 Å². The van der Waals surface area contributed by atoms with Gasteiger partial charge in [0.2, 0.25) is 0 Å². The van der Waals surface area contributed by atoms with E-state index in [0.717, 1.165) is 0 Å². The van der Waals surface area contributed by atoms with Crippen molar-refractivity contribution in [2.75, 3.05) is 0 Å². The second-order valence-electron chi connectivity index (χ2n) is 0.449. The first-order valence-corrected chi connectivity index (χ1v) is 2.64. The van der Waals surface area contributed by atoms with Gasteiger partial charge < -0.3 is 4.89 Å². The fraction of sp³-hybridized carbons (Fsp3) is 0. The molecule has 0 radical (unpaired) electrons. The number of hydrogen-bond acceptors (Lipinski definition) is 4. The minimum Gasteiger partial charge on any atom is -0.327 e. The van der Waals surface area contributed by atoms with Gasteiger partial charge in [0.1, 0.15) is 0 Å². The number of rotatable bonds is 2. The average molecular weight is 129 g/mol. The largest absolute Gasteiger partial charge is 0.350 e. The lowest BCUT2D eigenvalue weighted by molar-refractivity contribution is 0.278. The first-order chi connectivity index (χ1) is 2.81. The summed E-state index contributed by atoms with van der Waals surface area (Å²) in [7, 11) is -0.0226. The Hall–Kier alpha value is 0.700. The standard InChI is InChI=1S/H5NO3P2/c1-3-6(2)4-5/h2H,1,5H2. The lowest BCUT2D eigenvalue weighted by atomic mass is 13.6. The van der Waals surface area contributed by atoms with E-state index in [-0.39, 0.29) is 0 Å². The summed E-state index contributed by atoms with van der Waals surface area (Å²) in [6.45, 7) is 0. The van der Waals surface area contributed by atoms with Gasteiger partial charge in [-0.3, -0.25) is 4.31 Å². The van der Waals surface area contributed by atoms with E-state index in [0.29, 0.717) is 0 Å². The first-order valence-electron chi connectivity index (χ1n) is 1.04. The van der Waals surface area contributed by atoms with E-state index in [9.17, 15) is 0 Å². The zero-order chi connectivity index (χ0) is 4.99. The monoisotopic (exact) mass is 129 g/mol. The molecule has 38 valence electrons. The third-order valence-electron chi connectivity index (χ3n) is 0.180. The third kappa shape index (κ3) is 2.91. The van der Waals surface area contributed by atoms with Crippen LogP contribution in [-0.4, -0.2) is 4.89 Å². The maximum Gasteiger partial charge on any atom is 0.350 e. The summed E-state index contributed by atoms with van der Waals surface area (Å²) in [6, 6.07) is 0. The van der Waals surface area contributed by atoms with Crippen molar-refractivity contribution < 1.29 is 13.8 Å². The zero-order valence-electron chi connectivity index (χ0n) is 2.87. The molecule has 0 aromatic rings. The van der Waals surface area contributed by atoms with Crippen LogP contribution >= 0.6 is 18.1 Å². The predicted molar refractivity (Wildman–Crippen MR) is 25.2 cm³/mol. The van der Waals surface area contributed by atoms with Gasteiger partial charge in [-0.1, -0.05) is 0 Å². The van der Waals surface area contributed by atoms with Gasteiger partial charge in [0.05, 0.1) is 0 Å². The maximum absolute atomic E-state index is 8.14. The van der Waals surface area contributed by atoms with E-state index in [1.807, 2.05) is 9.47 Å². The summed E-state index contributed by atoms with van der Waals surface area (Å²) in [5.74, 6) is 4.42.